The lowest BCUT2D eigenvalue weighted by Crippen LogP contribution is -2.40. The fourth-order valence-electron chi connectivity index (χ4n) is 2.78. The Morgan fingerprint density at radius 3 is 2.45 bits per heavy atom. The molecular formula is C19H17F2N3O5. The number of ether oxygens (including phenoxy) is 2. The first-order chi connectivity index (χ1) is 13.7. The van der Waals surface area contributed by atoms with Crippen molar-refractivity contribution in [1.82, 2.24) is 10.3 Å². The number of imide groups is 1. The van der Waals surface area contributed by atoms with E-state index < -0.39 is 24.1 Å². The molecule has 1 atom stereocenters. The summed E-state index contributed by atoms with van der Waals surface area (Å²) in [6.45, 7) is -1.50. The lowest BCUT2D eigenvalue weighted by Gasteiger charge is -2.21. The number of phenolic OH excluding ortho intramolecular Hbond substituents is 1. The van der Waals surface area contributed by atoms with E-state index in [4.69, 9.17) is 4.74 Å². The minimum absolute atomic E-state index is 0.0764. The van der Waals surface area contributed by atoms with Crippen molar-refractivity contribution in [2.75, 3.05) is 7.11 Å². The molecule has 0 spiro atoms. The van der Waals surface area contributed by atoms with Crippen molar-refractivity contribution in [3.63, 3.8) is 0 Å². The van der Waals surface area contributed by atoms with Gasteiger partial charge in [-0.05, 0) is 42.8 Å². The van der Waals surface area contributed by atoms with Crippen molar-refractivity contribution in [2.45, 2.75) is 19.1 Å². The maximum atomic E-state index is 12.8. The maximum absolute atomic E-state index is 12.8. The molecule has 0 bridgehead atoms. The van der Waals surface area contributed by atoms with E-state index in [1.807, 2.05) is 0 Å². The molecule has 1 fully saturated rings. The van der Waals surface area contributed by atoms with Crippen LogP contribution in [0.3, 0.4) is 0 Å². The number of hydrogen-bond donors (Lipinski definition) is 2. The van der Waals surface area contributed by atoms with Gasteiger partial charge in [-0.3, -0.25) is 4.79 Å². The van der Waals surface area contributed by atoms with Crippen LogP contribution in [-0.2, 0) is 10.3 Å². The Morgan fingerprint density at radius 2 is 1.83 bits per heavy atom. The van der Waals surface area contributed by atoms with E-state index >= 15 is 0 Å². The van der Waals surface area contributed by atoms with E-state index in [0.29, 0.717) is 16.3 Å². The Bertz CT molecular complexity index is 965. The number of carbonyl (C=O) groups excluding carboxylic acids is 2. The molecule has 1 heterocycles. The molecule has 1 aliphatic rings. The van der Waals surface area contributed by atoms with Gasteiger partial charge in [0.2, 0.25) is 0 Å². The second-order valence-corrected chi connectivity index (χ2v) is 6.24. The van der Waals surface area contributed by atoms with Gasteiger partial charge in [-0.15, -0.1) is 5.01 Å². The van der Waals surface area contributed by atoms with Gasteiger partial charge in [0.25, 0.3) is 5.91 Å². The highest BCUT2D eigenvalue weighted by atomic mass is 19.3. The van der Waals surface area contributed by atoms with Crippen LogP contribution in [0.25, 0.3) is 0 Å². The summed E-state index contributed by atoms with van der Waals surface area (Å²) in [6, 6.07) is 8.98. The smallest absolute Gasteiger partial charge is 0.387 e. The Kier molecular flexibility index (Phi) is 5.35. The highest BCUT2D eigenvalue weighted by molar-refractivity contribution is 6.07. The molecule has 29 heavy (non-hydrogen) atoms. The van der Waals surface area contributed by atoms with Crippen molar-refractivity contribution in [3.8, 4) is 17.2 Å². The first-order valence-corrected chi connectivity index (χ1v) is 8.37. The minimum atomic E-state index is -2.97. The number of rotatable bonds is 6. The van der Waals surface area contributed by atoms with Crippen LogP contribution < -0.4 is 14.8 Å². The topological polar surface area (TPSA) is 100 Å². The SMILES string of the molecule is COc1ccc(O)c(/C=N/N2C(=O)N[C@@](C)(c3ccc(OC(F)F)cc3)C2=O)c1. The molecule has 3 rings (SSSR count). The summed E-state index contributed by atoms with van der Waals surface area (Å²) in [5, 5.41) is 16.9. The normalized spacial score (nSPS) is 19.1. The number of urea groups is 1. The van der Waals surface area contributed by atoms with E-state index in [-0.39, 0.29) is 17.1 Å². The van der Waals surface area contributed by atoms with Crippen LogP contribution in [-0.4, -0.2) is 42.0 Å². The van der Waals surface area contributed by atoms with Crippen molar-refractivity contribution >= 4 is 18.2 Å². The number of hydrogen-bond acceptors (Lipinski definition) is 6. The number of benzene rings is 2. The quantitative estimate of drug-likeness (QED) is 0.569. The molecule has 10 heteroatoms. The summed E-state index contributed by atoms with van der Waals surface area (Å²) in [7, 11) is 1.45. The summed E-state index contributed by atoms with van der Waals surface area (Å²) >= 11 is 0. The van der Waals surface area contributed by atoms with E-state index in [1.165, 1.54) is 50.4 Å². The average Bonchev–Trinajstić information content (AvgIpc) is 2.90. The van der Waals surface area contributed by atoms with Gasteiger partial charge in [0.05, 0.1) is 13.3 Å². The molecule has 0 aliphatic carbocycles. The molecule has 0 unspecified atom stereocenters. The minimum Gasteiger partial charge on any atom is -0.507 e. The van der Waals surface area contributed by atoms with Crippen LogP contribution in [0.2, 0.25) is 0 Å². The van der Waals surface area contributed by atoms with Crippen molar-refractivity contribution in [3.05, 3.63) is 53.6 Å². The summed E-state index contributed by atoms with van der Waals surface area (Å²) in [4.78, 5) is 25.1. The Morgan fingerprint density at radius 1 is 1.17 bits per heavy atom. The summed E-state index contributed by atoms with van der Waals surface area (Å²) < 4.78 is 33.9. The van der Waals surface area contributed by atoms with Gasteiger partial charge >= 0.3 is 12.6 Å². The predicted octanol–water partition coefficient (Wildman–Crippen LogP) is 2.80. The second kappa shape index (κ2) is 7.74. The number of aromatic hydroxyl groups is 1. The van der Waals surface area contributed by atoms with E-state index in [0.717, 1.165) is 6.21 Å². The van der Waals surface area contributed by atoms with Crippen molar-refractivity contribution in [2.24, 2.45) is 5.10 Å². The maximum Gasteiger partial charge on any atom is 0.387 e. The van der Waals surface area contributed by atoms with Crippen LogP contribution in [0.5, 0.6) is 17.2 Å². The highest BCUT2D eigenvalue weighted by Gasteiger charge is 2.49. The van der Waals surface area contributed by atoms with Crippen LogP contribution in [0.15, 0.2) is 47.6 Å². The Hall–Kier alpha value is -3.69. The Labute approximate surface area is 164 Å². The summed E-state index contributed by atoms with van der Waals surface area (Å²) in [5.41, 5.74) is -0.847. The van der Waals surface area contributed by atoms with Gasteiger partial charge in [-0.2, -0.15) is 13.9 Å². The molecule has 3 amide bonds. The lowest BCUT2D eigenvalue weighted by molar-refractivity contribution is -0.131. The average molecular weight is 405 g/mol. The van der Waals surface area contributed by atoms with Crippen LogP contribution in [0.1, 0.15) is 18.1 Å². The number of halogens is 2. The van der Waals surface area contributed by atoms with Crippen molar-refractivity contribution in [1.29, 1.82) is 0 Å². The highest BCUT2D eigenvalue weighted by Crippen LogP contribution is 2.31. The predicted molar refractivity (Wildman–Crippen MR) is 98.1 cm³/mol. The molecule has 152 valence electrons. The third-order valence-corrected chi connectivity index (χ3v) is 4.37. The fourth-order valence-corrected chi connectivity index (χ4v) is 2.78. The standard InChI is InChI=1S/C19H17F2N3O5/c1-19(12-3-5-13(6-4-12)29-17(20)21)16(26)24(18(27)23-19)22-10-11-9-14(28-2)7-8-15(11)25/h3-10,17,25H,1-2H3,(H,23,27)/b22-10+/t19-/m0/s1. The van der Waals surface area contributed by atoms with E-state index in [2.05, 4.69) is 15.2 Å². The number of carbonyl (C=O) groups is 2. The van der Waals surface area contributed by atoms with Crippen molar-refractivity contribution < 1.29 is 33.0 Å². The molecular weight excluding hydrogens is 388 g/mol. The number of phenols is 1. The van der Waals surface area contributed by atoms with E-state index in [9.17, 15) is 23.5 Å². The number of nitrogens with zero attached hydrogens (tertiary/aromatic N) is 2. The molecule has 0 saturated carbocycles. The third-order valence-electron chi connectivity index (χ3n) is 4.37. The summed E-state index contributed by atoms with van der Waals surface area (Å²) in [6.07, 6.45) is 1.15. The monoisotopic (exact) mass is 405 g/mol. The largest absolute Gasteiger partial charge is 0.507 e. The fraction of sp³-hybridized carbons (Fsp3) is 0.211. The molecule has 2 N–H and O–H groups in total. The number of amides is 3. The molecule has 1 saturated heterocycles. The molecule has 2 aromatic carbocycles. The van der Waals surface area contributed by atoms with Gasteiger partial charge in [0, 0.05) is 5.56 Å². The Balaban J connectivity index is 1.83. The number of alkyl halides is 2. The van der Waals surface area contributed by atoms with Gasteiger partial charge in [-0.25, -0.2) is 4.79 Å². The van der Waals surface area contributed by atoms with Gasteiger partial charge in [0.1, 0.15) is 22.8 Å². The number of methoxy groups -OCH3 is 1. The molecule has 0 radical (unpaired) electrons. The summed E-state index contributed by atoms with van der Waals surface area (Å²) in [5.74, 6) is -0.410. The van der Waals surface area contributed by atoms with Gasteiger partial charge in [-0.1, -0.05) is 12.1 Å². The van der Waals surface area contributed by atoms with Crippen LogP contribution in [0, 0.1) is 0 Å². The second-order valence-electron chi connectivity index (χ2n) is 6.24. The molecule has 0 aromatic heterocycles. The molecule has 8 nitrogen and oxygen atoms in total. The number of hydrazone groups is 1. The first kappa shape index (κ1) is 20.1. The molecule has 1 aliphatic heterocycles. The van der Waals surface area contributed by atoms with Gasteiger partial charge < -0.3 is 19.9 Å². The number of nitrogens with one attached hydrogen (secondary N) is 1. The first-order valence-electron chi connectivity index (χ1n) is 8.37. The van der Waals surface area contributed by atoms with Crippen LogP contribution in [0.4, 0.5) is 13.6 Å². The lowest BCUT2D eigenvalue weighted by atomic mass is 9.92. The zero-order valence-corrected chi connectivity index (χ0v) is 15.4. The molecule has 2 aromatic rings. The zero-order chi connectivity index (χ0) is 21.2. The van der Waals surface area contributed by atoms with Gasteiger partial charge in [0.15, 0.2) is 0 Å². The zero-order valence-electron chi connectivity index (χ0n) is 15.4. The van der Waals surface area contributed by atoms with Crippen LogP contribution >= 0.6 is 0 Å². The third kappa shape index (κ3) is 3.96. The van der Waals surface area contributed by atoms with E-state index in [1.54, 1.807) is 6.07 Å².